The maximum atomic E-state index is 5.64. The van der Waals surface area contributed by atoms with Crippen LogP contribution in [0.4, 0.5) is 0 Å². The molecule has 2 rings (SSSR count). The van der Waals surface area contributed by atoms with Gasteiger partial charge in [0.05, 0.1) is 0 Å². The summed E-state index contributed by atoms with van der Waals surface area (Å²) in [6.45, 7) is 5.02. The summed E-state index contributed by atoms with van der Waals surface area (Å²) in [6, 6.07) is 6.62. The molecule has 1 aromatic heterocycles. The van der Waals surface area contributed by atoms with Crippen molar-refractivity contribution in [3.8, 4) is 0 Å². The van der Waals surface area contributed by atoms with Gasteiger partial charge in [-0.2, -0.15) is 0 Å². The molecule has 2 aromatic rings. The van der Waals surface area contributed by atoms with Crippen LogP contribution in [0.25, 0.3) is 10.9 Å². The van der Waals surface area contributed by atoms with Crippen LogP contribution < -0.4 is 5.73 Å². The first-order valence-electron chi connectivity index (χ1n) is 5.39. The predicted molar refractivity (Wildman–Crippen MR) is 65.2 cm³/mol. The lowest BCUT2D eigenvalue weighted by Crippen LogP contribution is -2.07. The second-order valence-corrected chi connectivity index (χ2v) is 4.19. The first-order valence-corrected chi connectivity index (χ1v) is 5.39. The highest BCUT2D eigenvalue weighted by Gasteiger charge is 2.10. The molecule has 1 heterocycles. The second kappa shape index (κ2) is 3.70. The van der Waals surface area contributed by atoms with Crippen LogP contribution in [-0.2, 0) is 13.5 Å². The summed E-state index contributed by atoms with van der Waals surface area (Å²) < 4.78 is 2.27. The zero-order chi connectivity index (χ0) is 11.0. The van der Waals surface area contributed by atoms with Crippen LogP contribution in [0, 0.1) is 13.8 Å². The normalized spacial score (nSPS) is 11.2. The van der Waals surface area contributed by atoms with E-state index in [9.17, 15) is 0 Å². The number of hydrogen-bond donors (Lipinski definition) is 1. The average Bonchev–Trinajstić information content (AvgIpc) is 2.44. The first kappa shape index (κ1) is 10.2. The third-order valence-electron chi connectivity index (χ3n) is 3.14. The van der Waals surface area contributed by atoms with Crippen molar-refractivity contribution in [2.45, 2.75) is 20.3 Å². The van der Waals surface area contributed by atoms with Gasteiger partial charge in [-0.1, -0.05) is 12.1 Å². The van der Waals surface area contributed by atoms with Crippen molar-refractivity contribution in [1.82, 2.24) is 4.57 Å². The molecule has 0 saturated carbocycles. The molecule has 0 fully saturated rings. The third-order valence-corrected chi connectivity index (χ3v) is 3.14. The summed E-state index contributed by atoms with van der Waals surface area (Å²) in [5.41, 5.74) is 11.0. The van der Waals surface area contributed by atoms with Crippen LogP contribution >= 0.6 is 0 Å². The molecule has 2 heteroatoms. The van der Waals surface area contributed by atoms with E-state index in [1.807, 2.05) is 0 Å². The molecule has 0 aliphatic carbocycles. The van der Waals surface area contributed by atoms with Crippen molar-refractivity contribution >= 4 is 10.9 Å². The molecular weight excluding hydrogens is 184 g/mol. The zero-order valence-electron chi connectivity index (χ0n) is 9.67. The molecule has 0 aliphatic heterocycles. The SMILES string of the molecule is Cc1ccc2c(C)c(CCN)n(C)c2c1. The van der Waals surface area contributed by atoms with E-state index in [4.69, 9.17) is 5.73 Å². The van der Waals surface area contributed by atoms with Gasteiger partial charge in [0.25, 0.3) is 0 Å². The largest absolute Gasteiger partial charge is 0.347 e. The lowest BCUT2D eigenvalue weighted by atomic mass is 10.1. The molecule has 0 atom stereocenters. The van der Waals surface area contributed by atoms with E-state index in [1.165, 1.54) is 27.7 Å². The Hall–Kier alpha value is -1.28. The minimum atomic E-state index is 0.712. The zero-order valence-corrected chi connectivity index (χ0v) is 9.67. The fourth-order valence-corrected chi connectivity index (χ4v) is 2.28. The molecule has 80 valence electrons. The minimum Gasteiger partial charge on any atom is -0.347 e. The van der Waals surface area contributed by atoms with Gasteiger partial charge in [-0.25, -0.2) is 0 Å². The molecule has 0 radical (unpaired) electrons. The Bertz CT molecular complexity index is 495. The minimum absolute atomic E-state index is 0.712. The van der Waals surface area contributed by atoms with E-state index in [0.29, 0.717) is 6.54 Å². The fourth-order valence-electron chi connectivity index (χ4n) is 2.28. The van der Waals surface area contributed by atoms with Crippen molar-refractivity contribution < 1.29 is 0 Å². The van der Waals surface area contributed by atoms with Gasteiger partial charge in [0.15, 0.2) is 0 Å². The molecule has 0 spiro atoms. The Morgan fingerprint density at radius 3 is 2.67 bits per heavy atom. The van der Waals surface area contributed by atoms with Crippen molar-refractivity contribution in [2.75, 3.05) is 6.54 Å². The van der Waals surface area contributed by atoms with Crippen molar-refractivity contribution in [1.29, 1.82) is 0 Å². The average molecular weight is 202 g/mol. The van der Waals surface area contributed by atoms with Crippen molar-refractivity contribution in [2.24, 2.45) is 12.8 Å². The van der Waals surface area contributed by atoms with Crippen LogP contribution in [0.1, 0.15) is 16.8 Å². The predicted octanol–water partition coefficient (Wildman–Crippen LogP) is 2.30. The topological polar surface area (TPSA) is 30.9 Å². The second-order valence-electron chi connectivity index (χ2n) is 4.19. The van der Waals surface area contributed by atoms with Gasteiger partial charge in [0.2, 0.25) is 0 Å². The first-order chi connectivity index (χ1) is 7.15. The van der Waals surface area contributed by atoms with E-state index >= 15 is 0 Å². The Morgan fingerprint density at radius 2 is 2.00 bits per heavy atom. The van der Waals surface area contributed by atoms with Gasteiger partial charge in [-0.05, 0) is 37.6 Å². The molecule has 1 aromatic carbocycles. The highest BCUT2D eigenvalue weighted by molar-refractivity contribution is 5.85. The number of rotatable bonds is 2. The summed E-state index contributed by atoms with van der Waals surface area (Å²) >= 11 is 0. The smallest absolute Gasteiger partial charge is 0.0485 e. The summed E-state index contributed by atoms with van der Waals surface area (Å²) in [5.74, 6) is 0. The molecule has 0 unspecified atom stereocenters. The number of aromatic nitrogens is 1. The fraction of sp³-hybridized carbons (Fsp3) is 0.385. The molecule has 0 amide bonds. The number of aryl methyl sites for hydroxylation is 3. The van der Waals surface area contributed by atoms with E-state index in [1.54, 1.807) is 0 Å². The summed E-state index contributed by atoms with van der Waals surface area (Å²) in [7, 11) is 2.12. The summed E-state index contributed by atoms with van der Waals surface area (Å²) in [6.07, 6.45) is 0.954. The number of fused-ring (bicyclic) bond motifs is 1. The van der Waals surface area contributed by atoms with Gasteiger partial charge < -0.3 is 10.3 Å². The van der Waals surface area contributed by atoms with E-state index in [0.717, 1.165) is 6.42 Å². The summed E-state index contributed by atoms with van der Waals surface area (Å²) in [5, 5.41) is 1.35. The van der Waals surface area contributed by atoms with Crippen LogP contribution in [0.15, 0.2) is 18.2 Å². The van der Waals surface area contributed by atoms with Gasteiger partial charge in [-0.15, -0.1) is 0 Å². The Morgan fingerprint density at radius 1 is 1.27 bits per heavy atom. The van der Waals surface area contributed by atoms with Crippen LogP contribution in [-0.4, -0.2) is 11.1 Å². The number of nitrogens with zero attached hydrogens (tertiary/aromatic N) is 1. The molecule has 0 aliphatic rings. The standard InChI is InChI=1S/C13H18N2/c1-9-4-5-11-10(2)12(6-7-14)15(3)13(11)8-9/h4-5,8H,6-7,14H2,1-3H3. The lowest BCUT2D eigenvalue weighted by Gasteiger charge is -2.03. The maximum absolute atomic E-state index is 5.64. The van der Waals surface area contributed by atoms with Crippen LogP contribution in [0.3, 0.4) is 0 Å². The lowest BCUT2D eigenvalue weighted by molar-refractivity contribution is 0.819. The number of nitrogens with two attached hydrogens (primary N) is 1. The Balaban J connectivity index is 2.73. The molecule has 2 nitrogen and oxygen atoms in total. The molecule has 2 N–H and O–H groups in total. The van der Waals surface area contributed by atoms with Crippen LogP contribution in [0.2, 0.25) is 0 Å². The number of hydrogen-bond acceptors (Lipinski definition) is 1. The monoisotopic (exact) mass is 202 g/mol. The van der Waals surface area contributed by atoms with E-state index in [2.05, 4.69) is 43.7 Å². The Labute approximate surface area is 90.7 Å². The highest BCUT2D eigenvalue weighted by atomic mass is 14.9. The third kappa shape index (κ3) is 1.55. The molecule has 0 bridgehead atoms. The van der Waals surface area contributed by atoms with Crippen LogP contribution in [0.5, 0.6) is 0 Å². The van der Waals surface area contributed by atoms with E-state index < -0.39 is 0 Å². The molecular formula is C13H18N2. The van der Waals surface area contributed by atoms with Crippen molar-refractivity contribution in [3.63, 3.8) is 0 Å². The number of benzene rings is 1. The van der Waals surface area contributed by atoms with E-state index in [-0.39, 0.29) is 0 Å². The Kier molecular flexibility index (Phi) is 2.53. The quantitative estimate of drug-likeness (QED) is 0.796. The van der Waals surface area contributed by atoms with Gasteiger partial charge in [0.1, 0.15) is 0 Å². The van der Waals surface area contributed by atoms with Crippen molar-refractivity contribution in [3.05, 3.63) is 35.0 Å². The molecule has 0 saturated heterocycles. The van der Waals surface area contributed by atoms with Gasteiger partial charge >= 0.3 is 0 Å². The maximum Gasteiger partial charge on any atom is 0.0485 e. The highest BCUT2D eigenvalue weighted by Crippen LogP contribution is 2.25. The van der Waals surface area contributed by atoms with Gasteiger partial charge in [0, 0.05) is 30.1 Å². The summed E-state index contributed by atoms with van der Waals surface area (Å²) in [4.78, 5) is 0. The molecule has 15 heavy (non-hydrogen) atoms. The van der Waals surface area contributed by atoms with Gasteiger partial charge in [-0.3, -0.25) is 0 Å².